The van der Waals surface area contributed by atoms with Crippen LogP contribution in [0.4, 0.5) is 25.8 Å². The SMILES string of the molecule is O=C(COC(=O)c1ccccc1Nc1ccc(SC(F)F)cc1)Nc1ccc(Cl)cc1Cl. The molecule has 166 valence electrons. The highest BCUT2D eigenvalue weighted by Gasteiger charge is 2.15. The van der Waals surface area contributed by atoms with E-state index >= 15 is 0 Å². The summed E-state index contributed by atoms with van der Waals surface area (Å²) < 4.78 is 30.0. The number of halogens is 4. The van der Waals surface area contributed by atoms with Gasteiger partial charge in [-0.3, -0.25) is 4.79 Å². The van der Waals surface area contributed by atoms with E-state index in [-0.39, 0.29) is 10.6 Å². The van der Waals surface area contributed by atoms with Crippen LogP contribution in [0, 0.1) is 0 Å². The summed E-state index contributed by atoms with van der Waals surface area (Å²) in [5.41, 5.74) is 1.58. The van der Waals surface area contributed by atoms with Gasteiger partial charge in [-0.1, -0.05) is 47.1 Å². The first kappa shape index (κ1) is 23.8. The molecule has 3 rings (SSSR count). The molecule has 32 heavy (non-hydrogen) atoms. The number of alkyl halides is 2. The van der Waals surface area contributed by atoms with E-state index in [0.29, 0.717) is 38.7 Å². The summed E-state index contributed by atoms with van der Waals surface area (Å²) in [6.45, 7) is -0.522. The van der Waals surface area contributed by atoms with Crippen molar-refractivity contribution in [2.24, 2.45) is 0 Å². The van der Waals surface area contributed by atoms with Crippen molar-refractivity contribution in [2.75, 3.05) is 17.2 Å². The van der Waals surface area contributed by atoms with Crippen molar-refractivity contribution in [2.45, 2.75) is 10.7 Å². The Bertz CT molecular complexity index is 1110. The number of carbonyl (C=O) groups excluding carboxylic acids is 2. The van der Waals surface area contributed by atoms with Crippen LogP contribution in [0.5, 0.6) is 0 Å². The van der Waals surface area contributed by atoms with Gasteiger partial charge in [0.2, 0.25) is 0 Å². The highest BCUT2D eigenvalue weighted by Crippen LogP contribution is 2.28. The first-order chi connectivity index (χ1) is 15.3. The molecule has 0 atom stereocenters. The fourth-order valence-corrected chi connectivity index (χ4v) is 3.59. The lowest BCUT2D eigenvalue weighted by molar-refractivity contribution is -0.119. The number of amides is 1. The fraction of sp³-hybridized carbons (Fsp3) is 0.0909. The maximum absolute atomic E-state index is 12.5. The average molecular weight is 497 g/mol. The minimum Gasteiger partial charge on any atom is -0.452 e. The Morgan fingerprint density at radius 2 is 1.69 bits per heavy atom. The molecular formula is C22H16Cl2F2N2O3S. The minimum absolute atomic E-state index is 0.204. The topological polar surface area (TPSA) is 67.4 Å². The predicted octanol–water partition coefficient (Wildman–Crippen LogP) is 6.85. The van der Waals surface area contributed by atoms with Crippen molar-refractivity contribution >= 4 is 63.9 Å². The van der Waals surface area contributed by atoms with Gasteiger partial charge in [-0.2, -0.15) is 8.78 Å². The molecule has 5 nitrogen and oxygen atoms in total. The number of rotatable bonds is 8. The van der Waals surface area contributed by atoms with Crippen molar-refractivity contribution in [3.05, 3.63) is 82.3 Å². The van der Waals surface area contributed by atoms with Gasteiger partial charge in [0.15, 0.2) is 6.61 Å². The number of hydrogen-bond donors (Lipinski definition) is 2. The molecule has 0 fully saturated rings. The second kappa shape index (κ2) is 11.2. The Morgan fingerprint density at radius 3 is 2.38 bits per heavy atom. The summed E-state index contributed by atoms with van der Waals surface area (Å²) in [5, 5.41) is 6.26. The van der Waals surface area contributed by atoms with Gasteiger partial charge in [0.25, 0.3) is 11.7 Å². The van der Waals surface area contributed by atoms with Crippen LogP contribution in [-0.2, 0) is 9.53 Å². The minimum atomic E-state index is -2.50. The molecule has 10 heteroatoms. The zero-order valence-electron chi connectivity index (χ0n) is 16.3. The lowest BCUT2D eigenvalue weighted by atomic mass is 10.1. The van der Waals surface area contributed by atoms with Gasteiger partial charge in [-0.05, 0) is 54.6 Å². The molecule has 0 aromatic heterocycles. The summed E-state index contributed by atoms with van der Waals surface area (Å²) >= 11 is 12.3. The molecule has 0 aliphatic carbocycles. The number of para-hydroxylation sites is 1. The lowest BCUT2D eigenvalue weighted by Crippen LogP contribution is -2.21. The van der Waals surface area contributed by atoms with Crippen LogP contribution in [0.2, 0.25) is 10.0 Å². The van der Waals surface area contributed by atoms with Gasteiger partial charge in [-0.15, -0.1) is 0 Å². The number of benzene rings is 3. The fourth-order valence-electron chi connectivity index (χ4n) is 2.63. The molecule has 3 aromatic carbocycles. The molecule has 0 saturated heterocycles. The van der Waals surface area contributed by atoms with Crippen LogP contribution < -0.4 is 10.6 Å². The Labute approximate surface area is 197 Å². The summed E-state index contributed by atoms with van der Waals surface area (Å²) in [6, 6.07) is 17.5. The Hall–Kier alpha value is -2.81. The third-order valence-corrected chi connectivity index (χ3v) is 5.32. The quantitative estimate of drug-likeness (QED) is 0.263. The first-order valence-corrected chi connectivity index (χ1v) is 10.8. The Balaban J connectivity index is 1.61. The zero-order valence-corrected chi connectivity index (χ0v) is 18.6. The van der Waals surface area contributed by atoms with Gasteiger partial charge in [0, 0.05) is 15.6 Å². The summed E-state index contributed by atoms with van der Waals surface area (Å²) in [4.78, 5) is 25.1. The predicted molar refractivity (Wildman–Crippen MR) is 123 cm³/mol. The van der Waals surface area contributed by atoms with E-state index < -0.39 is 24.2 Å². The third-order valence-electron chi connectivity index (χ3n) is 4.05. The molecule has 3 aromatic rings. The molecular weight excluding hydrogens is 481 g/mol. The van der Waals surface area contributed by atoms with Crippen LogP contribution in [0.1, 0.15) is 10.4 Å². The number of ether oxygens (including phenoxy) is 1. The van der Waals surface area contributed by atoms with Gasteiger partial charge in [-0.25, -0.2) is 4.79 Å². The maximum atomic E-state index is 12.5. The number of hydrogen-bond acceptors (Lipinski definition) is 5. The second-order valence-electron chi connectivity index (χ2n) is 6.32. The monoisotopic (exact) mass is 496 g/mol. The zero-order chi connectivity index (χ0) is 23.1. The van der Waals surface area contributed by atoms with E-state index in [4.69, 9.17) is 27.9 Å². The molecule has 1 amide bonds. The van der Waals surface area contributed by atoms with Crippen LogP contribution in [0.15, 0.2) is 71.6 Å². The summed E-state index contributed by atoms with van der Waals surface area (Å²) in [6.07, 6.45) is 0. The number of nitrogens with one attached hydrogen (secondary N) is 2. The first-order valence-electron chi connectivity index (χ1n) is 9.15. The largest absolute Gasteiger partial charge is 0.452 e. The Kier molecular flexibility index (Phi) is 8.33. The van der Waals surface area contributed by atoms with Gasteiger partial charge in [0.1, 0.15) is 0 Å². The number of anilines is 3. The van der Waals surface area contributed by atoms with Crippen LogP contribution >= 0.6 is 35.0 Å². The van der Waals surface area contributed by atoms with Gasteiger partial charge >= 0.3 is 5.97 Å². The second-order valence-corrected chi connectivity index (χ2v) is 8.23. The van der Waals surface area contributed by atoms with E-state index in [1.54, 1.807) is 54.6 Å². The van der Waals surface area contributed by atoms with Crippen molar-refractivity contribution in [3.8, 4) is 0 Å². The van der Waals surface area contributed by atoms with Crippen LogP contribution in [-0.4, -0.2) is 24.2 Å². The average Bonchev–Trinajstić information content (AvgIpc) is 2.75. The third kappa shape index (κ3) is 6.85. The molecule has 0 bridgehead atoms. The highest BCUT2D eigenvalue weighted by molar-refractivity contribution is 7.99. The van der Waals surface area contributed by atoms with E-state index in [1.807, 2.05) is 0 Å². The van der Waals surface area contributed by atoms with E-state index in [2.05, 4.69) is 10.6 Å². The molecule has 0 heterocycles. The molecule has 0 aliphatic rings. The lowest BCUT2D eigenvalue weighted by Gasteiger charge is -2.12. The van der Waals surface area contributed by atoms with Gasteiger partial charge in [0.05, 0.1) is 22.0 Å². The van der Waals surface area contributed by atoms with Crippen LogP contribution in [0.3, 0.4) is 0 Å². The molecule has 0 saturated carbocycles. The Morgan fingerprint density at radius 1 is 0.969 bits per heavy atom. The smallest absolute Gasteiger partial charge is 0.340 e. The molecule has 2 N–H and O–H groups in total. The highest BCUT2D eigenvalue weighted by atomic mass is 35.5. The van der Waals surface area contributed by atoms with Crippen molar-refractivity contribution < 1.29 is 23.1 Å². The molecule has 0 aliphatic heterocycles. The number of esters is 1. The van der Waals surface area contributed by atoms with E-state index in [0.717, 1.165) is 0 Å². The van der Waals surface area contributed by atoms with Gasteiger partial charge < -0.3 is 15.4 Å². The van der Waals surface area contributed by atoms with Crippen molar-refractivity contribution in [3.63, 3.8) is 0 Å². The van der Waals surface area contributed by atoms with Crippen molar-refractivity contribution in [1.82, 2.24) is 0 Å². The molecule has 0 spiro atoms. The standard InChI is InChI=1S/C22H16Cl2F2N2O3S/c23-13-5-10-19(17(24)11-13)28-20(29)12-31-21(30)16-3-1-2-4-18(16)27-14-6-8-15(9-7-14)32-22(25)26/h1-11,22,27H,12H2,(H,28,29). The normalized spacial score (nSPS) is 10.7. The molecule has 0 unspecified atom stereocenters. The van der Waals surface area contributed by atoms with E-state index in [9.17, 15) is 18.4 Å². The summed E-state index contributed by atoms with van der Waals surface area (Å²) in [7, 11) is 0. The van der Waals surface area contributed by atoms with Crippen LogP contribution in [0.25, 0.3) is 0 Å². The number of carbonyl (C=O) groups is 2. The van der Waals surface area contributed by atoms with Crippen molar-refractivity contribution in [1.29, 1.82) is 0 Å². The number of thioether (sulfide) groups is 1. The molecule has 0 radical (unpaired) electrons. The maximum Gasteiger partial charge on any atom is 0.340 e. The summed E-state index contributed by atoms with van der Waals surface area (Å²) in [5.74, 6) is -3.78. The van der Waals surface area contributed by atoms with E-state index in [1.165, 1.54) is 12.1 Å².